The molecule has 0 bridgehead atoms. The summed E-state index contributed by atoms with van der Waals surface area (Å²) < 4.78 is 1.89. The monoisotopic (exact) mass is 404 g/mol. The Morgan fingerprint density at radius 1 is 1.04 bits per heavy atom. The SMILES string of the molecule is Cc1nnc(SCC(=O)c2ccc(-c3ccc(Br)cc3)cc2)s1. The quantitative estimate of drug-likeness (QED) is 0.430. The topological polar surface area (TPSA) is 42.9 Å². The van der Waals surface area contributed by atoms with Gasteiger partial charge in [0.1, 0.15) is 5.01 Å². The maximum Gasteiger partial charge on any atom is 0.174 e. The van der Waals surface area contributed by atoms with Crippen LogP contribution in [0.5, 0.6) is 0 Å². The van der Waals surface area contributed by atoms with Crippen molar-refractivity contribution in [2.75, 3.05) is 5.75 Å². The summed E-state index contributed by atoms with van der Waals surface area (Å²) in [6.45, 7) is 1.91. The van der Waals surface area contributed by atoms with E-state index in [0.29, 0.717) is 5.75 Å². The normalized spacial score (nSPS) is 10.7. The molecule has 23 heavy (non-hydrogen) atoms. The minimum absolute atomic E-state index is 0.102. The van der Waals surface area contributed by atoms with Gasteiger partial charge in [0.2, 0.25) is 0 Å². The van der Waals surface area contributed by atoms with Crippen LogP contribution in [0.1, 0.15) is 15.4 Å². The maximum absolute atomic E-state index is 12.2. The van der Waals surface area contributed by atoms with Gasteiger partial charge in [-0.3, -0.25) is 4.79 Å². The molecule has 3 nitrogen and oxygen atoms in total. The Morgan fingerprint density at radius 3 is 2.22 bits per heavy atom. The van der Waals surface area contributed by atoms with Crippen LogP contribution in [-0.2, 0) is 0 Å². The molecule has 1 heterocycles. The maximum atomic E-state index is 12.2. The number of aromatic nitrogens is 2. The van der Waals surface area contributed by atoms with E-state index in [1.807, 2.05) is 43.3 Å². The van der Waals surface area contributed by atoms with Crippen molar-refractivity contribution in [2.45, 2.75) is 11.3 Å². The highest BCUT2D eigenvalue weighted by atomic mass is 79.9. The minimum atomic E-state index is 0.102. The Bertz CT molecular complexity index is 813. The summed E-state index contributed by atoms with van der Waals surface area (Å²) in [5.41, 5.74) is 2.95. The smallest absolute Gasteiger partial charge is 0.174 e. The van der Waals surface area contributed by atoms with Crippen LogP contribution in [0.4, 0.5) is 0 Å². The van der Waals surface area contributed by atoms with Gasteiger partial charge in [-0.25, -0.2) is 0 Å². The van der Waals surface area contributed by atoms with Gasteiger partial charge in [0.05, 0.1) is 5.75 Å². The fraction of sp³-hybridized carbons (Fsp3) is 0.118. The van der Waals surface area contributed by atoms with Gasteiger partial charge in [0.25, 0.3) is 0 Å². The lowest BCUT2D eigenvalue weighted by molar-refractivity contribution is 0.102. The van der Waals surface area contributed by atoms with Crippen molar-refractivity contribution in [3.05, 3.63) is 63.6 Å². The predicted molar refractivity (Wildman–Crippen MR) is 99.3 cm³/mol. The molecule has 2 aromatic carbocycles. The Hall–Kier alpha value is -1.50. The molecule has 0 aliphatic carbocycles. The molecule has 0 fully saturated rings. The average molecular weight is 405 g/mol. The Kier molecular flexibility index (Phi) is 5.25. The van der Waals surface area contributed by atoms with E-state index >= 15 is 0 Å². The molecule has 1 aromatic heterocycles. The second-order valence-corrected chi connectivity index (χ2v) is 8.20. The van der Waals surface area contributed by atoms with Crippen LogP contribution in [0.3, 0.4) is 0 Å². The highest BCUT2D eigenvalue weighted by Crippen LogP contribution is 2.24. The zero-order valence-electron chi connectivity index (χ0n) is 12.3. The minimum Gasteiger partial charge on any atom is -0.293 e. The predicted octanol–water partition coefficient (Wildman–Crippen LogP) is 5.25. The number of ketones is 1. The van der Waals surface area contributed by atoms with Crippen LogP contribution in [0.25, 0.3) is 11.1 Å². The zero-order valence-corrected chi connectivity index (χ0v) is 15.5. The second-order valence-electron chi connectivity index (χ2n) is 4.88. The van der Waals surface area contributed by atoms with Crippen LogP contribution in [0.2, 0.25) is 0 Å². The number of aryl methyl sites for hydroxylation is 1. The molecule has 3 rings (SSSR count). The highest BCUT2D eigenvalue weighted by Gasteiger charge is 2.09. The molecule has 0 unspecified atom stereocenters. The third-order valence-corrected chi connectivity index (χ3v) is 5.72. The van der Waals surface area contributed by atoms with Crippen molar-refractivity contribution < 1.29 is 4.79 Å². The highest BCUT2D eigenvalue weighted by molar-refractivity contribution is 9.10. The Morgan fingerprint density at radius 2 is 1.65 bits per heavy atom. The second kappa shape index (κ2) is 7.38. The van der Waals surface area contributed by atoms with Gasteiger partial charge >= 0.3 is 0 Å². The van der Waals surface area contributed by atoms with E-state index in [-0.39, 0.29) is 5.78 Å². The number of carbonyl (C=O) groups excluding carboxylic acids is 1. The molecule has 0 aliphatic heterocycles. The molecule has 3 aromatic rings. The number of Topliss-reactive ketones (excluding diaryl/α,β-unsaturated/α-hetero) is 1. The van der Waals surface area contributed by atoms with E-state index in [1.165, 1.54) is 23.1 Å². The summed E-state index contributed by atoms with van der Waals surface area (Å²) in [5.74, 6) is 0.483. The first kappa shape index (κ1) is 16.4. The molecule has 0 N–H and O–H groups in total. The lowest BCUT2D eigenvalue weighted by Gasteiger charge is -2.04. The number of hydrogen-bond donors (Lipinski definition) is 0. The summed E-state index contributed by atoms with van der Waals surface area (Å²) in [6.07, 6.45) is 0. The average Bonchev–Trinajstić information content (AvgIpc) is 2.99. The molecule has 0 spiro atoms. The van der Waals surface area contributed by atoms with Gasteiger partial charge in [0.15, 0.2) is 10.1 Å². The van der Waals surface area contributed by atoms with Crippen LogP contribution < -0.4 is 0 Å². The summed E-state index contributed by atoms with van der Waals surface area (Å²) in [5, 5.41) is 8.88. The van der Waals surface area contributed by atoms with Crippen molar-refractivity contribution in [3.8, 4) is 11.1 Å². The fourth-order valence-electron chi connectivity index (χ4n) is 2.04. The van der Waals surface area contributed by atoms with Crippen molar-refractivity contribution >= 4 is 44.8 Å². The van der Waals surface area contributed by atoms with Gasteiger partial charge in [0, 0.05) is 10.0 Å². The van der Waals surface area contributed by atoms with Crippen LogP contribution in [0.15, 0.2) is 57.3 Å². The first-order chi connectivity index (χ1) is 11.1. The van der Waals surface area contributed by atoms with Crippen LogP contribution in [0, 0.1) is 6.92 Å². The molecule has 0 amide bonds. The molecule has 0 atom stereocenters. The standard InChI is InChI=1S/C17H13BrN2OS2/c1-11-19-20-17(23-11)22-10-16(21)14-4-2-12(3-5-14)13-6-8-15(18)9-7-13/h2-9H,10H2,1H3. The molecule has 6 heteroatoms. The molecular weight excluding hydrogens is 392 g/mol. The number of halogens is 1. The van der Waals surface area contributed by atoms with Gasteiger partial charge < -0.3 is 0 Å². The first-order valence-corrected chi connectivity index (χ1v) is 9.53. The molecule has 0 radical (unpaired) electrons. The Labute approximate surface area is 151 Å². The fourth-order valence-corrected chi connectivity index (χ4v) is 4.01. The van der Waals surface area contributed by atoms with Crippen molar-refractivity contribution in [1.82, 2.24) is 10.2 Å². The number of nitrogens with zero attached hydrogens (tertiary/aromatic N) is 2. The van der Waals surface area contributed by atoms with Gasteiger partial charge in [-0.05, 0) is 30.2 Å². The molecule has 0 saturated carbocycles. The van der Waals surface area contributed by atoms with E-state index in [9.17, 15) is 4.79 Å². The Balaban J connectivity index is 1.66. The van der Waals surface area contributed by atoms with Gasteiger partial charge in [-0.15, -0.1) is 10.2 Å². The zero-order chi connectivity index (χ0) is 16.2. The summed E-state index contributed by atoms with van der Waals surface area (Å²) in [7, 11) is 0. The number of carbonyl (C=O) groups is 1. The summed E-state index contributed by atoms with van der Waals surface area (Å²) in [6, 6.07) is 15.8. The number of thioether (sulfide) groups is 1. The summed E-state index contributed by atoms with van der Waals surface area (Å²) in [4.78, 5) is 12.2. The van der Waals surface area contributed by atoms with E-state index in [1.54, 1.807) is 0 Å². The number of rotatable bonds is 5. The van der Waals surface area contributed by atoms with E-state index in [0.717, 1.165) is 30.5 Å². The lowest BCUT2D eigenvalue weighted by atomic mass is 10.0. The van der Waals surface area contributed by atoms with Crippen LogP contribution >= 0.6 is 39.0 Å². The third kappa shape index (κ3) is 4.28. The number of benzene rings is 2. The first-order valence-electron chi connectivity index (χ1n) is 6.94. The van der Waals surface area contributed by atoms with E-state index in [4.69, 9.17) is 0 Å². The number of hydrogen-bond acceptors (Lipinski definition) is 5. The van der Waals surface area contributed by atoms with Crippen LogP contribution in [-0.4, -0.2) is 21.7 Å². The van der Waals surface area contributed by atoms with E-state index < -0.39 is 0 Å². The van der Waals surface area contributed by atoms with Gasteiger partial charge in [-0.2, -0.15) is 0 Å². The van der Waals surface area contributed by atoms with Gasteiger partial charge in [-0.1, -0.05) is 75.4 Å². The van der Waals surface area contributed by atoms with Crippen molar-refractivity contribution in [1.29, 1.82) is 0 Å². The van der Waals surface area contributed by atoms with E-state index in [2.05, 4.69) is 38.3 Å². The van der Waals surface area contributed by atoms with Crippen molar-refractivity contribution in [3.63, 3.8) is 0 Å². The molecule has 116 valence electrons. The third-order valence-electron chi connectivity index (χ3n) is 3.22. The molecule has 0 saturated heterocycles. The molecular formula is C17H13BrN2OS2. The summed E-state index contributed by atoms with van der Waals surface area (Å²) >= 11 is 6.38. The molecule has 0 aliphatic rings. The van der Waals surface area contributed by atoms with Crippen molar-refractivity contribution in [2.24, 2.45) is 0 Å². The lowest BCUT2D eigenvalue weighted by Crippen LogP contribution is -2.01. The largest absolute Gasteiger partial charge is 0.293 e.